The summed E-state index contributed by atoms with van der Waals surface area (Å²) < 4.78 is 29.9. The number of rotatable bonds is 8. The third-order valence-electron chi connectivity index (χ3n) is 4.17. The van der Waals surface area contributed by atoms with Gasteiger partial charge in [0.2, 0.25) is 0 Å². The van der Waals surface area contributed by atoms with Gasteiger partial charge < -0.3 is 10.1 Å². The van der Waals surface area contributed by atoms with Crippen molar-refractivity contribution in [1.82, 2.24) is 4.83 Å². The van der Waals surface area contributed by atoms with E-state index in [-0.39, 0.29) is 17.4 Å². The average molecular weight is 492 g/mol. The van der Waals surface area contributed by atoms with Crippen LogP contribution in [0.5, 0.6) is 5.75 Å². The first-order valence-electron chi connectivity index (χ1n) is 9.32. The van der Waals surface area contributed by atoms with Crippen LogP contribution in [-0.2, 0) is 14.8 Å². The first kappa shape index (κ1) is 23.6. The van der Waals surface area contributed by atoms with Crippen molar-refractivity contribution in [2.75, 3.05) is 11.9 Å². The standard InChI is InChI=1S/C22H19Cl2N3O4S/c1-15-2-9-19(10-3-15)32(29,30)27-25-13-16-4-7-18(8-5-16)31-14-22(28)26-17-6-11-20(23)21(24)12-17/h2-13,27H,14H2,1H3,(H,26,28)/b25-13-. The fourth-order valence-corrected chi connectivity index (χ4v) is 3.60. The molecule has 7 nitrogen and oxygen atoms in total. The number of carbonyl (C=O) groups excluding carboxylic acids is 1. The van der Waals surface area contributed by atoms with Gasteiger partial charge in [0.15, 0.2) is 6.61 Å². The molecule has 10 heteroatoms. The van der Waals surface area contributed by atoms with Crippen molar-refractivity contribution in [2.24, 2.45) is 5.10 Å². The second kappa shape index (κ2) is 10.5. The van der Waals surface area contributed by atoms with Crippen LogP contribution in [0.3, 0.4) is 0 Å². The van der Waals surface area contributed by atoms with Crippen molar-refractivity contribution < 1.29 is 17.9 Å². The Balaban J connectivity index is 1.50. The molecular formula is C22H19Cl2N3O4S. The van der Waals surface area contributed by atoms with Crippen LogP contribution in [0.15, 0.2) is 76.7 Å². The van der Waals surface area contributed by atoms with Gasteiger partial charge in [0.1, 0.15) is 5.75 Å². The predicted molar refractivity (Wildman–Crippen MR) is 126 cm³/mol. The molecule has 166 valence electrons. The molecule has 0 bridgehead atoms. The summed E-state index contributed by atoms with van der Waals surface area (Å²) in [6, 6.07) is 17.8. The lowest BCUT2D eigenvalue weighted by molar-refractivity contribution is -0.118. The van der Waals surface area contributed by atoms with Gasteiger partial charge in [-0.3, -0.25) is 4.79 Å². The number of hydrogen-bond acceptors (Lipinski definition) is 5. The first-order valence-corrected chi connectivity index (χ1v) is 11.6. The molecule has 0 atom stereocenters. The number of nitrogens with zero attached hydrogens (tertiary/aromatic N) is 1. The van der Waals surface area contributed by atoms with Crippen LogP contribution in [-0.4, -0.2) is 27.1 Å². The lowest BCUT2D eigenvalue weighted by Gasteiger charge is -2.08. The zero-order valence-electron chi connectivity index (χ0n) is 16.9. The Bertz CT molecular complexity index is 1230. The number of nitrogens with one attached hydrogen (secondary N) is 2. The molecule has 0 aliphatic heterocycles. The van der Waals surface area contributed by atoms with E-state index in [1.807, 2.05) is 6.92 Å². The maximum Gasteiger partial charge on any atom is 0.276 e. The van der Waals surface area contributed by atoms with E-state index in [0.29, 0.717) is 27.0 Å². The smallest absolute Gasteiger partial charge is 0.276 e. The molecule has 0 saturated carbocycles. The molecule has 2 N–H and O–H groups in total. The number of sulfonamides is 1. The van der Waals surface area contributed by atoms with Crippen molar-refractivity contribution in [3.63, 3.8) is 0 Å². The van der Waals surface area contributed by atoms with Crippen LogP contribution in [0.4, 0.5) is 5.69 Å². The SMILES string of the molecule is Cc1ccc(S(=O)(=O)N/N=C\c2ccc(OCC(=O)Nc3ccc(Cl)c(Cl)c3)cc2)cc1. The number of carbonyl (C=O) groups is 1. The van der Waals surface area contributed by atoms with Crippen molar-refractivity contribution in [1.29, 1.82) is 0 Å². The predicted octanol–water partition coefficient (Wildman–Crippen LogP) is 4.63. The topological polar surface area (TPSA) is 96.9 Å². The van der Waals surface area contributed by atoms with Gasteiger partial charge in [-0.1, -0.05) is 40.9 Å². The van der Waals surface area contributed by atoms with Gasteiger partial charge >= 0.3 is 0 Å². The number of amides is 1. The lowest BCUT2D eigenvalue weighted by atomic mass is 10.2. The van der Waals surface area contributed by atoms with Crippen LogP contribution in [0, 0.1) is 6.92 Å². The highest BCUT2D eigenvalue weighted by Crippen LogP contribution is 2.25. The second-order valence-corrected chi connectivity index (χ2v) is 9.18. The maximum absolute atomic E-state index is 12.2. The van der Waals surface area contributed by atoms with Crippen LogP contribution in [0.2, 0.25) is 10.0 Å². The maximum atomic E-state index is 12.2. The van der Waals surface area contributed by atoms with E-state index in [1.54, 1.807) is 54.6 Å². The number of ether oxygens (including phenoxy) is 1. The third-order valence-corrected chi connectivity index (χ3v) is 6.15. The molecular weight excluding hydrogens is 473 g/mol. The monoisotopic (exact) mass is 491 g/mol. The summed E-state index contributed by atoms with van der Waals surface area (Å²) in [5.74, 6) is 0.103. The van der Waals surface area contributed by atoms with Gasteiger partial charge in [0.25, 0.3) is 15.9 Å². The highest BCUT2D eigenvalue weighted by Gasteiger charge is 2.11. The van der Waals surface area contributed by atoms with Gasteiger partial charge in [0, 0.05) is 5.69 Å². The molecule has 32 heavy (non-hydrogen) atoms. The van der Waals surface area contributed by atoms with Crippen LogP contribution >= 0.6 is 23.2 Å². The Hall–Kier alpha value is -3.07. The number of halogens is 2. The number of hydrazone groups is 1. The summed E-state index contributed by atoms with van der Waals surface area (Å²) >= 11 is 11.8. The van der Waals surface area contributed by atoms with Crippen LogP contribution < -0.4 is 14.9 Å². The van der Waals surface area contributed by atoms with Gasteiger partial charge in [-0.15, -0.1) is 0 Å². The summed E-state index contributed by atoms with van der Waals surface area (Å²) in [7, 11) is -3.74. The van der Waals surface area contributed by atoms with Crippen LogP contribution in [0.25, 0.3) is 0 Å². The quantitative estimate of drug-likeness (QED) is 0.354. The highest BCUT2D eigenvalue weighted by molar-refractivity contribution is 7.89. The van der Waals surface area contributed by atoms with Gasteiger partial charge in [-0.2, -0.15) is 13.5 Å². The van der Waals surface area contributed by atoms with Crippen molar-refractivity contribution in [2.45, 2.75) is 11.8 Å². The van der Waals surface area contributed by atoms with Gasteiger partial charge in [-0.05, 0) is 67.1 Å². The molecule has 3 rings (SSSR count). The Morgan fingerprint density at radius 3 is 2.34 bits per heavy atom. The number of anilines is 1. The van der Waals surface area contributed by atoms with E-state index in [0.717, 1.165) is 5.56 Å². The zero-order valence-corrected chi connectivity index (χ0v) is 19.2. The Morgan fingerprint density at radius 2 is 1.69 bits per heavy atom. The highest BCUT2D eigenvalue weighted by atomic mass is 35.5. The molecule has 0 radical (unpaired) electrons. The van der Waals surface area contributed by atoms with E-state index in [1.165, 1.54) is 18.3 Å². The largest absolute Gasteiger partial charge is 0.484 e. The van der Waals surface area contributed by atoms with Gasteiger partial charge in [0.05, 0.1) is 21.2 Å². The molecule has 0 unspecified atom stereocenters. The fourth-order valence-electron chi connectivity index (χ4n) is 2.51. The normalized spacial score (nSPS) is 11.3. The molecule has 0 aromatic heterocycles. The molecule has 1 amide bonds. The Morgan fingerprint density at radius 1 is 1.00 bits per heavy atom. The molecule has 0 spiro atoms. The van der Waals surface area contributed by atoms with E-state index >= 15 is 0 Å². The molecule has 3 aromatic rings. The van der Waals surface area contributed by atoms with Crippen molar-refractivity contribution >= 4 is 51.0 Å². The molecule has 0 saturated heterocycles. The zero-order chi connectivity index (χ0) is 23.1. The summed E-state index contributed by atoms with van der Waals surface area (Å²) in [4.78, 5) is 14.3. The fraction of sp³-hybridized carbons (Fsp3) is 0.0909. The summed E-state index contributed by atoms with van der Waals surface area (Å²) in [6.07, 6.45) is 1.37. The lowest BCUT2D eigenvalue weighted by Crippen LogP contribution is -2.20. The number of aryl methyl sites for hydroxylation is 1. The molecule has 3 aromatic carbocycles. The van der Waals surface area contributed by atoms with E-state index in [4.69, 9.17) is 27.9 Å². The average Bonchev–Trinajstić information content (AvgIpc) is 2.76. The minimum atomic E-state index is -3.74. The Labute approximate surface area is 196 Å². The summed E-state index contributed by atoms with van der Waals surface area (Å²) in [5.41, 5.74) is 2.11. The van der Waals surface area contributed by atoms with Crippen molar-refractivity contribution in [3.8, 4) is 5.75 Å². The third kappa shape index (κ3) is 6.71. The summed E-state index contributed by atoms with van der Waals surface area (Å²) in [6.45, 7) is 1.67. The Kier molecular flexibility index (Phi) is 7.74. The first-order chi connectivity index (χ1) is 15.2. The minimum absolute atomic E-state index is 0.128. The molecule has 0 aliphatic rings. The molecule has 0 fully saturated rings. The molecule has 0 aliphatic carbocycles. The number of benzene rings is 3. The van der Waals surface area contributed by atoms with E-state index < -0.39 is 10.0 Å². The van der Waals surface area contributed by atoms with Crippen molar-refractivity contribution in [3.05, 3.63) is 87.9 Å². The summed E-state index contributed by atoms with van der Waals surface area (Å²) in [5, 5.41) is 7.18. The van der Waals surface area contributed by atoms with Gasteiger partial charge in [-0.25, -0.2) is 4.83 Å². The molecule has 0 heterocycles. The number of hydrogen-bond donors (Lipinski definition) is 2. The van der Waals surface area contributed by atoms with Crippen LogP contribution in [0.1, 0.15) is 11.1 Å². The second-order valence-electron chi connectivity index (χ2n) is 6.70. The van der Waals surface area contributed by atoms with E-state index in [2.05, 4.69) is 15.2 Å². The van der Waals surface area contributed by atoms with E-state index in [9.17, 15) is 13.2 Å². The minimum Gasteiger partial charge on any atom is -0.484 e.